The molecule has 0 aliphatic heterocycles. The van der Waals surface area contributed by atoms with Gasteiger partial charge in [-0.3, -0.25) is 0 Å². The van der Waals surface area contributed by atoms with E-state index in [-0.39, 0.29) is 247 Å². The molecule has 0 aliphatic rings. The molecule has 0 bridgehead atoms. The van der Waals surface area contributed by atoms with Crippen molar-refractivity contribution in [2.24, 2.45) is 0 Å². The second kappa shape index (κ2) is 156. The van der Waals surface area contributed by atoms with E-state index in [2.05, 4.69) is 0 Å². The van der Waals surface area contributed by atoms with Crippen LogP contribution in [0.5, 0.6) is 0 Å². The SMILES string of the molecule is C.C.C.C.C.C.C.C.C.C.C.C.C.C.C.C.C.C.C=O.C=O.C=O.C=O.OCCCSCC(COCC(COCOCC(COCC(CSCCOCCO)SCCOCCO)OCC(CSCCOCCO)SCCOCCO)OCC(CSCCCO)SCCCO)SCCCO. The van der Waals surface area contributed by atoms with Crippen LogP contribution in [0.2, 0.25) is 0 Å². The number of carbonyl (C=O) groups is 4. The Morgan fingerprint density at radius 1 is 0.232 bits per heavy atom. The molecule has 0 saturated carbocycles. The summed E-state index contributed by atoms with van der Waals surface area (Å²) in [5.74, 6) is 9.73. The van der Waals surface area contributed by atoms with Crippen molar-refractivity contribution in [3.63, 3.8) is 0 Å². The molecule has 0 aromatic rings. The average Bonchev–Trinajstić information content (AvgIpc) is 1.08. The van der Waals surface area contributed by atoms with Crippen LogP contribution in [-0.2, 0) is 66.5 Å². The Morgan fingerprint density at radius 3 is 0.717 bits per heavy atom. The van der Waals surface area contributed by atoms with Crippen molar-refractivity contribution in [2.45, 2.75) is 193 Å². The normalized spacial score (nSPS) is 10.8. The summed E-state index contributed by atoms with van der Waals surface area (Å²) < 4.78 is 60.0. The van der Waals surface area contributed by atoms with E-state index in [0.717, 1.165) is 81.9 Å². The van der Waals surface area contributed by atoms with E-state index in [9.17, 15) is 25.5 Å². The Morgan fingerprint density at radius 2 is 0.455 bits per heavy atom. The van der Waals surface area contributed by atoms with Gasteiger partial charge in [-0.25, -0.2) is 0 Å². The van der Waals surface area contributed by atoms with Crippen molar-refractivity contribution in [3.8, 4) is 0 Å². The van der Waals surface area contributed by atoms with Crippen LogP contribution < -0.4 is 0 Å². The maximum Gasteiger partial charge on any atom is 0.146 e. The number of hydrogen-bond acceptors (Lipinski definition) is 30. The van der Waals surface area contributed by atoms with Gasteiger partial charge in [-0.05, 0) is 48.7 Å². The smallest absolute Gasteiger partial charge is 0.146 e. The van der Waals surface area contributed by atoms with Crippen LogP contribution in [0.25, 0.3) is 0 Å². The van der Waals surface area contributed by atoms with Gasteiger partial charge in [-0.2, -0.15) is 94.1 Å². The molecule has 0 aromatic heterocycles. The van der Waals surface area contributed by atoms with Gasteiger partial charge in [0.05, 0.1) is 132 Å². The lowest BCUT2D eigenvalue weighted by Crippen LogP contribution is -2.33. The molecule has 6 unspecified atom stereocenters. The lowest BCUT2D eigenvalue weighted by atomic mass is 10.4. The molecule has 0 amide bonds. The summed E-state index contributed by atoms with van der Waals surface area (Å²) >= 11 is 14.1. The average molecular weight is 1610 g/mol. The van der Waals surface area contributed by atoms with Gasteiger partial charge >= 0.3 is 0 Å². The second-order valence-corrected chi connectivity index (χ2v) is 26.0. The van der Waals surface area contributed by atoms with Gasteiger partial charge in [0.1, 0.15) is 46.2 Å². The van der Waals surface area contributed by atoms with Gasteiger partial charge < -0.3 is 107 Å². The molecule has 22 nitrogen and oxygen atoms in total. The van der Waals surface area contributed by atoms with E-state index in [1.807, 2.05) is 27.2 Å². The van der Waals surface area contributed by atoms with Crippen molar-refractivity contribution in [1.82, 2.24) is 0 Å². The van der Waals surface area contributed by atoms with Crippen molar-refractivity contribution < 1.29 is 107 Å². The molecule has 0 aromatic carbocycles. The summed E-state index contributed by atoms with van der Waals surface area (Å²) in [7, 11) is 0. The Hall–Kier alpha value is 0.760. The van der Waals surface area contributed by atoms with Crippen molar-refractivity contribution in [2.75, 3.05) is 234 Å². The predicted molar refractivity (Wildman–Crippen MR) is 460 cm³/mol. The molecule has 0 saturated heterocycles. The Balaban J connectivity index is -0.000000102. The maximum absolute atomic E-state index is 9.44. The van der Waals surface area contributed by atoms with Gasteiger partial charge in [0, 0.05) is 93.5 Å². The largest absolute Gasteiger partial charge is 0.396 e. The number of carbonyl (C=O) groups excluding carboxylic acids is 4. The van der Waals surface area contributed by atoms with Gasteiger partial charge in [0.15, 0.2) is 0 Å². The predicted octanol–water partition coefficient (Wildman–Crippen LogP) is 13.4. The summed E-state index contributed by atoms with van der Waals surface area (Å²) in [6.07, 6.45) is 2.06. The molecule has 632 valence electrons. The number of aliphatic hydroxyl groups is 8. The van der Waals surface area contributed by atoms with Gasteiger partial charge in [0.2, 0.25) is 0 Å². The third-order valence-corrected chi connectivity index (χ3v) is 19.7. The minimum Gasteiger partial charge on any atom is -0.396 e. The summed E-state index contributed by atoms with van der Waals surface area (Å²) in [5.41, 5.74) is 0. The summed E-state index contributed by atoms with van der Waals surface area (Å²) in [6, 6.07) is 0. The third kappa shape index (κ3) is 135. The van der Waals surface area contributed by atoms with Crippen LogP contribution in [0.1, 0.15) is 159 Å². The monoisotopic (exact) mass is 1610 g/mol. The topological polar surface area (TPSA) is 322 Å². The second-order valence-electron chi connectivity index (χ2n) is 15.8. The lowest BCUT2D eigenvalue weighted by Gasteiger charge is -2.25. The molecule has 6 atom stereocenters. The molecule has 0 spiro atoms. The summed E-state index contributed by atoms with van der Waals surface area (Å²) in [6.45, 7) is 14.7. The molecule has 0 heterocycles. The Kier molecular flexibility index (Phi) is 260. The zero-order valence-corrected chi connectivity index (χ0v) is 54.4. The lowest BCUT2D eigenvalue weighted by molar-refractivity contribution is -0.131. The number of ether oxygens (including phenoxy) is 10. The first kappa shape index (κ1) is 165. The van der Waals surface area contributed by atoms with Crippen LogP contribution in [0.3, 0.4) is 0 Å². The highest BCUT2D eigenvalue weighted by molar-refractivity contribution is 8.04. The highest BCUT2D eigenvalue weighted by Gasteiger charge is 2.21. The Bertz CT molecular complexity index is 1130. The number of rotatable bonds is 64. The molecule has 99 heavy (non-hydrogen) atoms. The molecule has 0 rings (SSSR count). The van der Waals surface area contributed by atoms with E-state index in [4.69, 9.17) is 81.9 Å². The van der Waals surface area contributed by atoms with Gasteiger partial charge in [-0.15, -0.1) is 0 Å². The molecule has 0 radical (unpaired) electrons. The first-order valence-corrected chi connectivity index (χ1v) is 35.5. The molecule has 30 heteroatoms. The molecular formula is C69H176O22S8. The molecule has 0 fully saturated rings. The zero-order valence-electron chi connectivity index (χ0n) is 47.8. The molecule has 8 N–H and O–H groups in total. The van der Waals surface area contributed by atoms with E-state index < -0.39 is 6.10 Å². The van der Waals surface area contributed by atoms with Crippen LogP contribution in [0, 0.1) is 0 Å². The van der Waals surface area contributed by atoms with E-state index in [0.29, 0.717) is 92.1 Å². The van der Waals surface area contributed by atoms with Crippen molar-refractivity contribution >= 4 is 121 Å². The van der Waals surface area contributed by atoms with Crippen LogP contribution in [0.15, 0.2) is 0 Å². The summed E-state index contributed by atoms with van der Waals surface area (Å²) in [4.78, 5) is 32.0. The zero-order chi connectivity index (χ0) is 61.2. The van der Waals surface area contributed by atoms with Gasteiger partial charge in [0.25, 0.3) is 0 Å². The van der Waals surface area contributed by atoms with E-state index >= 15 is 0 Å². The van der Waals surface area contributed by atoms with Crippen molar-refractivity contribution in [3.05, 3.63) is 0 Å². The highest BCUT2D eigenvalue weighted by Crippen LogP contribution is 2.23. The fourth-order valence-corrected chi connectivity index (χ4v) is 14.7. The highest BCUT2D eigenvalue weighted by atomic mass is 32.2. The number of thioether (sulfide) groups is 8. The van der Waals surface area contributed by atoms with Crippen LogP contribution in [-0.4, -0.2) is 336 Å². The minimum absolute atomic E-state index is 0. The van der Waals surface area contributed by atoms with E-state index in [1.165, 1.54) is 0 Å². The Labute approximate surface area is 651 Å². The standard InChI is InChI=1S/C47H96O18S8.4CH2O.18CH4/c48-5-1-21-66-37-44(70-23-3-7-50)33-60-29-42(64-35-46(71-24-4-8-51)39-67-22-2-6-49)31-62-41-63-32-43(65-36-47(73-28-20-59-16-12-55)40-69-26-18-57-14-10-53)30-61-34-45(72-27-19-58-15-11-54)38-68-25-17-56-13-9-52;4*1-2;;;;;;;;;;;;;;;;;;/h42-55H,1-41H2;4*1H2;18*1H4. The first-order chi connectivity index (χ1) is 40.0. The fraction of sp³-hybridized carbons (Fsp3) is 0.942. The van der Waals surface area contributed by atoms with Crippen molar-refractivity contribution in [1.29, 1.82) is 0 Å². The maximum atomic E-state index is 9.44. The molecule has 0 aliphatic carbocycles. The van der Waals surface area contributed by atoms with Crippen LogP contribution in [0.4, 0.5) is 0 Å². The third-order valence-electron chi connectivity index (χ3n) is 9.29. The van der Waals surface area contributed by atoms with E-state index in [1.54, 1.807) is 94.1 Å². The number of hydrogen-bond donors (Lipinski definition) is 8. The summed E-state index contributed by atoms with van der Waals surface area (Å²) in [5, 5.41) is 74.5. The minimum atomic E-state index is -0.417. The van der Waals surface area contributed by atoms with Crippen LogP contribution >= 0.6 is 94.1 Å². The molecular weight excluding hydrogens is 1440 g/mol. The van der Waals surface area contributed by atoms with Gasteiger partial charge in [-0.1, -0.05) is 134 Å². The fourth-order valence-electron chi connectivity index (χ4n) is 5.70. The number of aliphatic hydroxyl groups excluding tert-OH is 8. The quantitative estimate of drug-likeness (QED) is 0.0207. The first-order valence-electron chi connectivity index (χ1n) is 26.7.